The molecule has 6 nitrogen and oxygen atoms in total. The number of carbonyl (C=O) groups excluding carboxylic acids is 2. The Morgan fingerprint density at radius 3 is 2.81 bits per heavy atom. The van der Waals surface area contributed by atoms with Gasteiger partial charge in [0.2, 0.25) is 5.91 Å². The van der Waals surface area contributed by atoms with Gasteiger partial charge in [-0.05, 0) is 12.1 Å². The zero-order valence-electron chi connectivity index (χ0n) is 11.2. The van der Waals surface area contributed by atoms with Crippen molar-refractivity contribution in [2.75, 3.05) is 5.75 Å². The third-order valence-corrected chi connectivity index (χ3v) is 4.99. The van der Waals surface area contributed by atoms with Crippen molar-refractivity contribution < 1.29 is 9.59 Å². The number of amides is 1. The Morgan fingerprint density at radius 2 is 2.19 bits per heavy atom. The molecule has 0 spiro atoms. The lowest BCUT2D eigenvalue weighted by Gasteiger charge is -2.02. The molecule has 2 aromatic heterocycles. The summed E-state index contributed by atoms with van der Waals surface area (Å²) in [6.07, 6.45) is 0.664. The zero-order chi connectivity index (χ0) is 15.4. The van der Waals surface area contributed by atoms with Crippen LogP contribution in [0.25, 0.3) is 0 Å². The van der Waals surface area contributed by atoms with E-state index < -0.39 is 0 Å². The number of carbonyl (C=O) groups is 2. The Balaban J connectivity index is 1.94. The molecule has 0 fully saturated rings. The quantitative estimate of drug-likeness (QED) is 0.612. The van der Waals surface area contributed by atoms with E-state index in [1.165, 1.54) is 23.1 Å². The van der Waals surface area contributed by atoms with E-state index in [9.17, 15) is 9.59 Å². The zero-order valence-corrected chi connectivity index (χ0v) is 13.6. The maximum absolute atomic E-state index is 12.0. The van der Waals surface area contributed by atoms with Crippen LogP contribution in [0.2, 0.25) is 4.34 Å². The number of aromatic nitrogens is 3. The van der Waals surface area contributed by atoms with Crippen LogP contribution in [0.4, 0.5) is 0 Å². The standard InChI is InChI=1S/C12H13ClN4O2S2/c1-17-11(5-4-10(14)19)15-16-12(17)20-6-7(18)8-2-3-9(13)21-8/h2-3H,4-6H2,1H3,(H2,14,19). The Kier molecular flexibility index (Phi) is 5.38. The number of thioether (sulfide) groups is 1. The molecule has 2 N–H and O–H groups in total. The molecule has 0 unspecified atom stereocenters. The van der Waals surface area contributed by atoms with E-state index in [4.69, 9.17) is 17.3 Å². The molecule has 0 bridgehead atoms. The SMILES string of the molecule is Cn1c(CCC(N)=O)nnc1SCC(=O)c1ccc(Cl)s1. The van der Waals surface area contributed by atoms with Crippen LogP contribution in [0.5, 0.6) is 0 Å². The van der Waals surface area contributed by atoms with E-state index >= 15 is 0 Å². The van der Waals surface area contributed by atoms with Gasteiger partial charge in [-0.25, -0.2) is 0 Å². The van der Waals surface area contributed by atoms with Crippen molar-refractivity contribution in [1.29, 1.82) is 0 Å². The lowest BCUT2D eigenvalue weighted by molar-refractivity contribution is -0.118. The van der Waals surface area contributed by atoms with Gasteiger partial charge in [-0.1, -0.05) is 23.4 Å². The summed E-state index contributed by atoms with van der Waals surface area (Å²) in [6.45, 7) is 0. The molecule has 0 aliphatic rings. The third-order valence-electron chi connectivity index (χ3n) is 2.70. The summed E-state index contributed by atoms with van der Waals surface area (Å²) < 4.78 is 2.36. The Labute approximate surface area is 134 Å². The number of halogens is 1. The second-order valence-corrected chi connectivity index (χ2v) is 6.90. The van der Waals surface area contributed by atoms with Crippen molar-refractivity contribution in [3.63, 3.8) is 0 Å². The number of hydrogen-bond donors (Lipinski definition) is 1. The third kappa shape index (κ3) is 4.29. The Bertz CT molecular complexity index is 668. The lowest BCUT2D eigenvalue weighted by atomic mass is 10.3. The normalized spacial score (nSPS) is 10.8. The smallest absolute Gasteiger partial charge is 0.217 e. The van der Waals surface area contributed by atoms with Gasteiger partial charge in [-0.15, -0.1) is 21.5 Å². The monoisotopic (exact) mass is 344 g/mol. The summed E-state index contributed by atoms with van der Waals surface area (Å²) in [6, 6.07) is 3.42. The van der Waals surface area contributed by atoms with Gasteiger partial charge in [0.25, 0.3) is 0 Å². The van der Waals surface area contributed by atoms with Gasteiger partial charge in [0.1, 0.15) is 5.82 Å². The highest BCUT2D eigenvalue weighted by Crippen LogP contribution is 2.24. The summed E-state index contributed by atoms with van der Waals surface area (Å²) in [5.74, 6) is 0.553. The van der Waals surface area contributed by atoms with Crippen LogP contribution in [-0.2, 0) is 18.3 Å². The van der Waals surface area contributed by atoms with Gasteiger partial charge in [-0.3, -0.25) is 9.59 Å². The predicted molar refractivity (Wildman–Crippen MR) is 82.9 cm³/mol. The van der Waals surface area contributed by atoms with E-state index in [1.807, 2.05) is 0 Å². The van der Waals surface area contributed by atoms with E-state index in [0.717, 1.165) is 0 Å². The summed E-state index contributed by atoms with van der Waals surface area (Å²) in [5.41, 5.74) is 5.11. The highest BCUT2D eigenvalue weighted by molar-refractivity contribution is 7.99. The van der Waals surface area contributed by atoms with E-state index in [1.54, 1.807) is 23.7 Å². The molecule has 9 heteroatoms. The molecule has 21 heavy (non-hydrogen) atoms. The second kappa shape index (κ2) is 7.06. The van der Waals surface area contributed by atoms with Crippen molar-refractivity contribution in [3.8, 4) is 0 Å². The van der Waals surface area contributed by atoms with Crippen molar-refractivity contribution in [2.24, 2.45) is 12.8 Å². The van der Waals surface area contributed by atoms with Gasteiger partial charge < -0.3 is 10.3 Å². The fraction of sp³-hybridized carbons (Fsp3) is 0.333. The molecule has 0 atom stereocenters. The highest BCUT2D eigenvalue weighted by Gasteiger charge is 2.14. The summed E-state index contributed by atoms with van der Waals surface area (Å²) in [7, 11) is 1.80. The number of nitrogens with two attached hydrogens (primary N) is 1. The molecule has 1 amide bonds. The largest absolute Gasteiger partial charge is 0.370 e. The minimum absolute atomic E-state index is 0.00131. The van der Waals surface area contributed by atoms with Gasteiger partial charge in [0, 0.05) is 19.9 Å². The van der Waals surface area contributed by atoms with Gasteiger partial charge >= 0.3 is 0 Å². The second-order valence-electron chi connectivity index (χ2n) is 4.24. The van der Waals surface area contributed by atoms with Crippen LogP contribution in [0.3, 0.4) is 0 Å². The summed E-state index contributed by atoms with van der Waals surface area (Å²) >= 11 is 8.37. The van der Waals surface area contributed by atoms with E-state index in [0.29, 0.717) is 26.6 Å². The van der Waals surface area contributed by atoms with Crippen molar-refractivity contribution in [3.05, 3.63) is 27.2 Å². The number of hydrogen-bond acceptors (Lipinski definition) is 6. The number of aryl methyl sites for hydroxylation is 1. The molecule has 0 aliphatic carbocycles. The molecule has 0 aliphatic heterocycles. The number of primary amides is 1. The molecular formula is C12H13ClN4O2S2. The van der Waals surface area contributed by atoms with Crippen LogP contribution >= 0.6 is 34.7 Å². The number of ketones is 1. The molecule has 112 valence electrons. The first-order chi connectivity index (χ1) is 9.97. The van der Waals surface area contributed by atoms with Gasteiger partial charge in [-0.2, -0.15) is 0 Å². The molecule has 0 saturated carbocycles. The minimum Gasteiger partial charge on any atom is -0.370 e. The van der Waals surface area contributed by atoms with Crippen LogP contribution in [0, 0.1) is 0 Å². The Morgan fingerprint density at radius 1 is 1.43 bits per heavy atom. The average Bonchev–Trinajstić information content (AvgIpc) is 3.01. The van der Waals surface area contributed by atoms with Crippen molar-refractivity contribution >= 4 is 46.4 Å². The average molecular weight is 345 g/mol. The maximum Gasteiger partial charge on any atom is 0.217 e. The molecule has 0 saturated heterocycles. The fourth-order valence-electron chi connectivity index (χ4n) is 1.59. The van der Waals surface area contributed by atoms with Crippen LogP contribution < -0.4 is 5.73 Å². The van der Waals surface area contributed by atoms with E-state index in [-0.39, 0.29) is 23.9 Å². The maximum atomic E-state index is 12.0. The first-order valence-electron chi connectivity index (χ1n) is 6.05. The van der Waals surface area contributed by atoms with Gasteiger partial charge in [0.05, 0.1) is 15.0 Å². The first kappa shape index (κ1) is 16.0. The summed E-state index contributed by atoms with van der Waals surface area (Å²) in [4.78, 5) is 23.4. The van der Waals surface area contributed by atoms with E-state index in [2.05, 4.69) is 10.2 Å². The minimum atomic E-state index is -0.378. The number of rotatable bonds is 7. The summed E-state index contributed by atoms with van der Waals surface area (Å²) in [5, 5.41) is 8.64. The topological polar surface area (TPSA) is 90.9 Å². The molecule has 2 aromatic rings. The fourth-order valence-corrected chi connectivity index (χ4v) is 3.47. The van der Waals surface area contributed by atoms with Crippen LogP contribution in [-0.4, -0.2) is 32.2 Å². The molecule has 0 aromatic carbocycles. The van der Waals surface area contributed by atoms with Gasteiger partial charge in [0.15, 0.2) is 10.9 Å². The lowest BCUT2D eigenvalue weighted by Crippen LogP contribution is -2.13. The van der Waals surface area contributed by atoms with Crippen molar-refractivity contribution in [2.45, 2.75) is 18.0 Å². The number of Topliss-reactive ketones (excluding diaryl/α,β-unsaturated/α-hetero) is 1. The molecule has 2 heterocycles. The molecular weight excluding hydrogens is 332 g/mol. The van der Waals surface area contributed by atoms with Crippen molar-refractivity contribution in [1.82, 2.24) is 14.8 Å². The Hall–Kier alpha value is -1.38. The predicted octanol–water partition coefficient (Wildman–Crippen LogP) is 1.92. The molecule has 2 rings (SSSR count). The first-order valence-corrected chi connectivity index (χ1v) is 8.23. The number of thiophene rings is 1. The number of nitrogens with zero attached hydrogens (tertiary/aromatic N) is 3. The molecule has 0 radical (unpaired) electrons. The highest BCUT2D eigenvalue weighted by atomic mass is 35.5. The van der Waals surface area contributed by atoms with Crippen LogP contribution in [0.15, 0.2) is 17.3 Å². The van der Waals surface area contributed by atoms with Crippen LogP contribution in [0.1, 0.15) is 21.9 Å².